The van der Waals surface area contributed by atoms with Gasteiger partial charge < -0.3 is 21.2 Å². The van der Waals surface area contributed by atoms with Crippen LogP contribution in [0.1, 0.15) is 21.6 Å². The average Bonchev–Trinajstić information content (AvgIpc) is 2.72. The van der Waals surface area contributed by atoms with E-state index in [9.17, 15) is 13.6 Å². The lowest BCUT2D eigenvalue weighted by Gasteiger charge is -2.13. The van der Waals surface area contributed by atoms with Gasteiger partial charge in [0, 0.05) is 46.5 Å². The number of anilines is 1. The molecule has 0 spiro atoms. The number of hydrogen-bond donors (Lipinski definition) is 3. The van der Waals surface area contributed by atoms with Gasteiger partial charge in [0.15, 0.2) is 0 Å². The number of pyridine rings is 1. The molecule has 4 N–H and O–H groups in total. The first-order chi connectivity index (χ1) is 14.7. The van der Waals surface area contributed by atoms with Gasteiger partial charge in [-0.3, -0.25) is 9.78 Å². The minimum Gasteiger partial charge on any atom is -0.420 e. The summed E-state index contributed by atoms with van der Waals surface area (Å²) in [6.07, 6.45) is 7.30. The standard InChI is InChI=1S/C21H19ClF2N4O2S/c1-3-13(12-31-2)19-17(18(26)8-9-25)10-14(11-27-19)20(29)28-15-4-6-16(7-5-15)30-21(22,23)24/h3-12,25H,1,26H2,2H3,(H,28,29)/b13-12+,18-8-,25-9?. The zero-order valence-electron chi connectivity index (χ0n) is 16.4. The summed E-state index contributed by atoms with van der Waals surface area (Å²) in [6, 6.07) is 6.81. The monoisotopic (exact) mass is 464 g/mol. The van der Waals surface area contributed by atoms with Crippen LogP contribution in [0.2, 0.25) is 0 Å². The van der Waals surface area contributed by atoms with Gasteiger partial charge in [-0.1, -0.05) is 12.7 Å². The molecule has 162 valence electrons. The number of allylic oxidation sites excluding steroid dienone is 3. The number of ether oxygens (including phenoxy) is 1. The van der Waals surface area contributed by atoms with Crippen molar-refractivity contribution < 1.29 is 18.3 Å². The fourth-order valence-corrected chi connectivity index (χ4v) is 3.04. The van der Waals surface area contributed by atoms with Gasteiger partial charge in [-0.15, -0.1) is 20.5 Å². The highest BCUT2D eigenvalue weighted by molar-refractivity contribution is 8.01. The van der Waals surface area contributed by atoms with E-state index in [1.54, 1.807) is 12.1 Å². The quantitative estimate of drug-likeness (QED) is 0.264. The second-order valence-electron chi connectivity index (χ2n) is 5.95. The number of alkyl halides is 3. The van der Waals surface area contributed by atoms with Crippen molar-refractivity contribution in [2.24, 2.45) is 5.73 Å². The van der Waals surface area contributed by atoms with E-state index in [1.807, 2.05) is 11.7 Å². The maximum Gasteiger partial charge on any atom is 0.487 e. The van der Waals surface area contributed by atoms with Crippen molar-refractivity contribution in [3.63, 3.8) is 0 Å². The number of carbonyl (C=O) groups excluding carboxylic acids is 1. The Morgan fingerprint density at radius 3 is 2.61 bits per heavy atom. The van der Waals surface area contributed by atoms with Crippen molar-refractivity contribution in [3.05, 3.63) is 77.5 Å². The van der Waals surface area contributed by atoms with Gasteiger partial charge in [0.2, 0.25) is 0 Å². The van der Waals surface area contributed by atoms with E-state index in [1.165, 1.54) is 48.3 Å². The SMILES string of the molecule is C=C/C(=C\SC)c1ncc(C(=O)Nc2ccc(OC(F)(F)Cl)cc2)cc1/C(N)=C/C=N. The summed E-state index contributed by atoms with van der Waals surface area (Å²) < 4.78 is 29.6. The van der Waals surface area contributed by atoms with E-state index in [4.69, 9.17) is 22.7 Å². The van der Waals surface area contributed by atoms with Crippen molar-refractivity contribution in [2.45, 2.75) is 5.57 Å². The molecule has 0 fully saturated rings. The molecule has 0 aliphatic rings. The molecule has 0 radical (unpaired) electrons. The lowest BCUT2D eigenvalue weighted by Crippen LogP contribution is -2.16. The highest BCUT2D eigenvalue weighted by atomic mass is 35.5. The molecular weight excluding hydrogens is 446 g/mol. The molecule has 0 saturated heterocycles. The van der Waals surface area contributed by atoms with Crippen LogP contribution in [0.3, 0.4) is 0 Å². The second kappa shape index (κ2) is 10.7. The highest BCUT2D eigenvalue weighted by Gasteiger charge is 2.27. The summed E-state index contributed by atoms with van der Waals surface area (Å²) in [5, 5.41) is 11.7. The van der Waals surface area contributed by atoms with Crippen LogP contribution >= 0.6 is 23.4 Å². The van der Waals surface area contributed by atoms with E-state index >= 15 is 0 Å². The maximum absolute atomic E-state index is 12.7. The third-order valence-electron chi connectivity index (χ3n) is 3.81. The van der Waals surface area contributed by atoms with E-state index in [0.717, 1.165) is 6.21 Å². The van der Waals surface area contributed by atoms with E-state index in [0.29, 0.717) is 22.5 Å². The van der Waals surface area contributed by atoms with Gasteiger partial charge in [-0.05, 0) is 48.1 Å². The molecule has 0 bridgehead atoms. The fraction of sp³-hybridized carbons (Fsp3) is 0.0952. The van der Waals surface area contributed by atoms with E-state index in [2.05, 4.69) is 21.6 Å². The molecule has 6 nitrogen and oxygen atoms in total. The second-order valence-corrected chi connectivity index (χ2v) is 7.10. The fourth-order valence-electron chi connectivity index (χ4n) is 2.49. The number of aromatic nitrogens is 1. The lowest BCUT2D eigenvalue weighted by molar-refractivity contribution is -0.0964. The van der Waals surface area contributed by atoms with Crippen LogP contribution in [0.5, 0.6) is 5.75 Å². The third-order valence-corrected chi connectivity index (χ3v) is 4.37. The number of rotatable bonds is 9. The number of benzene rings is 1. The topological polar surface area (TPSA) is 101 Å². The minimum atomic E-state index is -3.83. The van der Waals surface area contributed by atoms with Crippen molar-refractivity contribution in [1.82, 2.24) is 4.98 Å². The van der Waals surface area contributed by atoms with Crippen LogP contribution in [-0.4, -0.2) is 28.9 Å². The van der Waals surface area contributed by atoms with Crippen LogP contribution in [0, 0.1) is 5.41 Å². The number of halogens is 3. The summed E-state index contributed by atoms with van der Waals surface area (Å²) in [4.78, 5) is 17.0. The third kappa shape index (κ3) is 6.94. The number of nitrogens with zero attached hydrogens (tertiary/aromatic N) is 1. The van der Waals surface area contributed by atoms with Gasteiger partial charge in [0.1, 0.15) is 5.75 Å². The zero-order valence-corrected chi connectivity index (χ0v) is 17.9. The molecule has 1 heterocycles. The minimum absolute atomic E-state index is 0.159. The summed E-state index contributed by atoms with van der Waals surface area (Å²) in [5.41, 5.74) is 4.74. The number of thioether (sulfide) groups is 1. The molecule has 0 saturated carbocycles. The molecule has 31 heavy (non-hydrogen) atoms. The van der Waals surface area contributed by atoms with E-state index < -0.39 is 11.5 Å². The average molecular weight is 465 g/mol. The molecule has 1 amide bonds. The Balaban J connectivity index is 2.33. The Morgan fingerprint density at radius 2 is 2.06 bits per heavy atom. The first kappa shape index (κ1) is 24.1. The molecule has 0 atom stereocenters. The molecule has 0 aliphatic heterocycles. The first-order valence-corrected chi connectivity index (χ1v) is 10.3. The van der Waals surface area contributed by atoms with Crippen LogP contribution in [0.15, 0.2) is 60.7 Å². The lowest BCUT2D eigenvalue weighted by atomic mass is 10.0. The van der Waals surface area contributed by atoms with Gasteiger partial charge in [-0.25, -0.2) is 0 Å². The zero-order chi connectivity index (χ0) is 23.0. The van der Waals surface area contributed by atoms with Gasteiger partial charge in [0.05, 0.1) is 11.3 Å². The summed E-state index contributed by atoms with van der Waals surface area (Å²) in [6.45, 7) is 3.77. The smallest absolute Gasteiger partial charge is 0.420 e. The Kier molecular flexibility index (Phi) is 8.35. The Morgan fingerprint density at radius 1 is 1.39 bits per heavy atom. The summed E-state index contributed by atoms with van der Waals surface area (Å²) >= 11 is 6.18. The van der Waals surface area contributed by atoms with Crippen LogP contribution in [-0.2, 0) is 0 Å². The molecule has 2 rings (SSSR count). The van der Waals surface area contributed by atoms with Crippen molar-refractivity contribution >= 4 is 52.4 Å². The van der Waals surface area contributed by atoms with Crippen LogP contribution < -0.4 is 15.8 Å². The Hall–Kier alpha value is -3.17. The number of hydrogen-bond acceptors (Lipinski definition) is 6. The number of amides is 1. The predicted molar refractivity (Wildman–Crippen MR) is 123 cm³/mol. The Labute approximate surface area is 187 Å². The highest BCUT2D eigenvalue weighted by Crippen LogP contribution is 2.27. The molecule has 1 aromatic heterocycles. The normalized spacial score (nSPS) is 12.3. The summed E-state index contributed by atoms with van der Waals surface area (Å²) in [5.74, 6) is -0.651. The van der Waals surface area contributed by atoms with Gasteiger partial charge in [0.25, 0.3) is 5.91 Å². The van der Waals surface area contributed by atoms with Crippen molar-refractivity contribution in [3.8, 4) is 5.75 Å². The molecule has 0 unspecified atom stereocenters. The maximum atomic E-state index is 12.7. The predicted octanol–water partition coefficient (Wildman–Crippen LogP) is 5.34. The Bertz CT molecular complexity index is 1030. The van der Waals surface area contributed by atoms with Crippen molar-refractivity contribution in [2.75, 3.05) is 11.6 Å². The van der Waals surface area contributed by atoms with Crippen molar-refractivity contribution in [1.29, 1.82) is 5.41 Å². The molecule has 1 aromatic carbocycles. The summed E-state index contributed by atoms with van der Waals surface area (Å²) in [7, 11) is 0. The first-order valence-electron chi connectivity index (χ1n) is 8.68. The molecular formula is C21H19ClF2N4O2S. The van der Waals surface area contributed by atoms with Gasteiger partial charge >= 0.3 is 5.57 Å². The number of nitrogens with one attached hydrogen (secondary N) is 2. The van der Waals surface area contributed by atoms with Gasteiger partial charge in [-0.2, -0.15) is 0 Å². The van der Waals surface area contributed by atoms with Crippen LogP contribution in [0.4, 0.5) is 14.5 Å². The van der Waals surface area contributed by atoms with E-state index in [-0.39, 0.29) is 17.0 Å². The number of carbonyl (C=O) groups is 1. The molecule has 0 aliphatic carbocycles. The molecule has 2 aromatic rings. The number of nitrogens with two attached hydrogens (primary N) is 1. The molecule has 10 heteroatoms. The van der Waals surface area contributed by atoms with Crippen LogP contribution in [0.25, 0.3) is 11.3 Å². The largest absolute Gasteiger partial charge is 0.487 e.